The number of hydrogen-bond acceptors (Lipinski definition) is 4. The second kappa shape index (κ2) is 7.39. The Morgan fingerprint density at radius 1 is 1.48 bits per heavy atom. The molecule has 0 fully saturated rings. The van der Waals surface area contributed by atoms with Crippen LogP contribution in [0.15, 0.2) is 33.7 Å². The van der Waals surface area contributed by atoms with E-state index in [-0.39, 0.29) is 17.8 Å². The molecule has 0 saturated heterocycles. The van der Waals surface area contributed by atoms with Gasteiger partial charge in [-0.15, -0.1) is 0 Å². The highest BCUT2D eigenvalue weighted by molar-refractivity contribution is 8.07. The Kier molecular flexibility index (Phi) is 5.86. The Morgan fingerprint density at radius 2 is 2.12 bits per heavy atom. The Morgan fingerprint density at radius 3 is 2.68 bits per heavy atom. The average molecular weight is 392 g/mol. The predicted octanol–water partition coefficient (Wildman–Crippen LogP) is 4.58. The third-order valence-corrected chi connectivity index (χ3v) is 5.49. The number of carbonyl (C=O) groups is 1. The van der Waals surface area contributed by atoms with Crippen LogP contribution in [0.3, 0.4) is 0 Å². The molecule has 9 heteroatoms. The summed E-state index contributed by atoms with van der Waals surface area (Å²) in [6.07, 6.45) is -2.01. The van der Waals surface area contributed by atoms with Crippen molar-refractivity contribution in [3.8, 4) is 0 Å². The van der Waals surface area contributed by atoms with Gasteiger partial charge in [0.05, 0.1) is 15.5 Å². The zero-order valence-electron chi connectivity index (χ0n) is 13.7. The molecule has 3 N–H and O–H groups in total. The molecule has 2 heterocycles. The number of rotatable bonds is 3. The van der Waals surface area contributed by atoms with Gasteiger partial charge in [0.1, 0.15) is 5.82 Å². The molecule has 0 radical (unpaired) electrons. The summed E-state index contributed by atoms with van der Waals surface area (Å²) in [5.74, 6) is -0.748. The highest BCUT2D eigenvalue weighted by atomic mass is 35.5. The number of halogens is 4. The van der Waals surface area contributed by atoms with Gasteiger partial charge in [-0.25, -0.2) is 4.98 Å². The summed E-state index contributed by atoms with van der Waals surface area (Å²) in [4.78, 5) is 17.4. The molecule has 1 aliphatic heterocycles. The second-order valence-corrected chi connectivity index (χ2v) is 7.25. The van der Waals surface area contributed by atoms with Gasteiger partial charge in [-0.1, -0.05) is 41.9 Å². The van der Waals surface area contributed by atoms with E-state index < -0.39 is 22.7 Å². The van der Waals surface area contributed by atoms with Gasteiger partial charge < -0.3 is 11.1 Å². The number of nitrogens with two attached hydrogens (primary N) is 1. The van der Waals surface area contributed by atoms with E-state index in [2.05, 4.69) is 10.3 Å². The van der Waals surface area contributed by atoms with Crippen molar-refractivity contribution < 1.29 is 18.0 Å². The Balaban J connectivity index is 2.22. The van der Waals surface area contributed by atoms with E-state index in [1.54, 1.807) is 6.08 Å². The SMILES string of the molecule is CC1=C(C(C)N)SC(C(=O)Nc2cc(C(F)(F)F)c(Cl)cn2)=C[C@@H]1C. The summed E-state index contributed by atoms with van der Waals surface area (Å²) in [5, 5.41) is 1.86. The summed E-state index contributed by atoms with van der Waals surface area (Å²) in [6.45, 7) is 5.68. The summed E-state index contributed by atoms with van der Waals surface area (Å²) in [7, 11) is 0. The van der Waals surface area contributed by atoms with Gasteiger partial charge in [0, 0.05) is 17.1 Å². The molecule has 0 aromatic carbocycles. The number of anilines is 1. The number of allylic oxidation sites excluding steroid dienone is 2. The lowest BCUT2D eigenvalue weighted by atomic mass is 9.99. The van der Waals surface area contributed by atoms with Crippen molar-refractivity contribution in [3.63, 3.8) is 0 Å². The first-order valence-corrected chi connectivity index (χ1v) is 8.60. The second-order valence-electron chi connectivity index (χ2n) is 5.76. The molecule has 0 saturated carbocycles. The van der Waals surface area contributed by atoms with Gasteiger partial charge in [-0.05, 0) is 25.8 Å². The van der Waals surface area contributed by atoms with Gasteiger partial charge in [-0.3, -0.25) is 4.79 Å². The number of hydrogen-bond donors (Lipinski definition) is 2. The smallest absolute Gasteiger partial charge is 0.324 e. The van der Waals surface area contributed by atoms with Crippen molar-refractivity contribution in [2.24, 2.45) is 11.7 Å². The minimum absolute atomic E-state index is 0.00640. The predicted molar refractivity (Wildman–Crippen MR) is 94.1 cm³/mol. The van der Waals surface area contributed by atoms with E-state index in [1.165, 1.54) is 11.8 Å². The number of thioether (sulfide) groups is 1. The van der Waals surface area contributed by atoms with Crippen LogP contribution < -0.4 is 11.1 Å². The highest BCUT2D eigenvalue weighted by Crippen LogP contribution is 2.39. The van der Waals surface area contributed by atoms with E-state index in [9.17, 15) is 18.0 Å². The van der Waals surface area contributed by atoms with E-state index >= 15 is 0 Å². The summed E-state index contributed by atoms with van der Waals surface area (Å²) < 4.78 is 38.7. The van der Waals surface area contributed by atoms with Gasteiger partial charge in [0.25, 0.3) is 5.91 Å². The third kappa shape index (κ3) is 4.56. The molecule has 136 valence electrons. The molecule has 1 aromatic rings. The minimum atomic E-state index is -4.63. The summed E-state index contributed by atoms with van der Waals surface area (Å²) in [5.41, 5.74) is 5.95. The third-order valence-electron chi connectivity index (χ3n) is 3.73. The topological polar surface area (TPSA) is 68.0 Å². The Bertz CT molecular complexity index is 759. The molecule has 1 unspecified atom stereocenters. The fourth-order valence-electron chi connectivity index (χ4n) is 2.29. The van der Waals surface area contributed by atoms with Crippen LogP contribution in [0.25, 0.3) is 0 Å². The molecule has 2 rings (SSSR count). The van der Waals surface area contributed by atoms with Crippen LogP contribution in [0.5, 0.6) is 0 Å². The lowest BCUT2D eigenvalue weighted by molar-refractivity contribution is -0.137. The molecule has 0 aliphatic carbocycles. The first-order chi connectivity index (χ1) is 11.5. The van der Waals surface area contributed by atoms with Gasteiger partial charge in [0.2, 0.25) is 0 Å². The maximum Gasteiger partial charge on any atom is 0.418 e. The molecule has 2 atom stereocenters. The van der Waals surface area contributed by atoms with E-state index in [0.29, 0.717) is 11.0 Å². The van der Waals surface area contributed by atoms with Crippen molar-refractivity contribution in [2.75, 3.05) is 5.32 Å². The molecule has 25 heavy (non-hydrogen) atoms. The number of amides is 1. The van der Waals surface area contributed by atoms with Crippen LogP contribution in [0, 0.1) is 5.92 Å². The molecule has 1 amide bonds. The summed E-state index contributed by atoms with van der Waals surface area (Å²) >= 11 is 6.74. The van der Waals surface area contributed by atoms with E-state index in [4.69, 9.17) is 17.3 Å². The number of nitrogens with zero attached hydrogens (tertiary/aromatic N) is 1. The van der Waals surface area contributed by atoms with Crippen molar-refractivity contribution in [1.29, 1.82) is 0 Å². The van der Waals surface area contributed by atoms with Gasteiger partial charge >= 0.3 is 6.18 Å². The monoisotopic (exact) mass is 391 g/mol. The van der Waals surface area contributed by atoms with Crippen LogP contribution in [-0.4, -0.2) is 16.9 Å². The standard InChI is InChI=1S/C16H17ClF3N3OS/c1-7-4-12(25-14(8(7)2)9(3)21)15(24)23-13-5-10(16(18,19)20)11(17)6-22-13/h4-7,9H,21H2,1-3H3,(H,22,23,24)/t7-,9?/m0/s1. The number of aromatic nitrogens is 1. The zero-order valence-corrected chi connectivity index (χ0v) is 15.3. The Hall–Kier alpha value is -1.51. The van der Waals surface area contributed by atoms with E-state index in [1.807, 2.05) is 20.8 Å². The lowest BCUT2D eigenvalue weighted by Gasteiger charge is -2.24. The number of nitrogens with one attached hydrogen (secondary N) is 1. The molecular weight excluding hydrogens is 375 g/mol. The zero-order chi connectivity index (χ0) is 18.9. The van der Waals surface area contributed by atoms with Crippen molar-refractivity contribution in [3.05, 3.63) is 44.3 Å². The van der Waals surface area contributed by atoms with Crippen LogP contribution in [0.4, 0.5) is 19.0 Å². The lowest BCUT2D eigenvalue weighted by Crippen LogP contribution is -2.23. The molecule has 1 aromatic heterocycles. The van der Waals surface area contributed by atoms with Gasteiger partial charge in [-0.2, -0.15) is 13.2 Å². The van der Waals surface area contributed by atoms with E-state index in [0.717, 1.165) is 16.7 Å². The molecular formula is C16H17ClF3N3OS. The van der Waals surface area contributed by atoms with Crippen LogP contribution >= 0.6 is 23.4 Å². The van der Waals surface area contributed by atoms with Crippen molar-refractivity contribution in [1.82, 2.24) is 4.98 Å². The molecule has 0 bridgehead atoms. The maximum atomic E-state index is 12.9. The average Bonchev–Trinajstić information content (AvgIpc) is 2.50. The number of carbonyl (C=O) groups excluding carboxylic acids is 1. The van der Waals surface area contributed by atoms with Crippen molar-refractivity contribution >= 4 is 35.1 Å². The maximum absolute atomic E-state index is 12.9. The number of pyridine rings is 1. The molecule has 0 spiro atoms. The first-order valence-electron chi connectivity index (χ1n) is 7.40. The fraction of sp³-hybridized carbons (Fsp3) is 0.375. The fourth-order valence-corrected chi connectivity index (χ4v) is 3.68. The van der Waals surface area contributed by atoms with Crippen LogP contribution in [0.2, 0.25) is 5.02 Å². The highest BCUT2D eigenvalue weighted by Gasteiger charge is 2.34. The van der Waals surface area contributed by atoms with Crippen LogP contribution in [-0.2, 0) is 11.0 Å². The van der Waals surface area contributed by atoms with Crippen LogP contribution in [0.1, 0.15) is 26.3 Å². The minimum Gasteiger partial charge on any atom is -0.324 e. The Labute approximate surface area is 152 Å². The largest absolute Gasteiger partial charge is 0.418 e. The molecule has 4 nitrogen and oxygen atoms in total. The number of alkyl halides is 3. The normalized spacial score (nSPS) is 19.5. The quantitative estimate of drug-likeness (QED) is 0.791. The summed E-state index contributed by atoms with van der Waals surface area (Å²) in [6, 6.07) is 0.472. The molecule has 1 aliphatic rings. The van der Waals surface area contributed by atoms with Crippen molar-refractivity contribution in [2.45, 2.75) is 33.0 Å². The first kappa shape index (κ1) is 19.8. The van der Waals surface area contributed by atoms with Gasteiger partial charge in [0.15, 0.2) is 0 Å².